The molecular weight excluding hydrogens is 310 g/mol. The molecule has 1 aromatic heterocycles. The summed E-state index contributed by atoms with van der Waals surface area (Å²) in [5.74, 6) is 0.416. The summed E-state index contributed by atoms with van der Waals surface area (Å²) in [6.45, 7) is 2.45. The number of hydrogen-bond acceptors (Lipinski definition) is 5. The van der Waals surface area contributed by atoms with Crippen molar-refractivity contribution in [2.45, 2.75) is 20.1 Å². The van der Waals surface area contributed by atoms with Crippen LogP contribution in [0.5, 0.6) is 0 Å². The maximum absolute atomic E-state index is 12.5. The lowest BCUT2D eigenvalue weighted by molar-refractivity contribution is 0.0598. The zero-order valence-corrected chi connectivity index (χ0v) is 14.3. The summed E-state index contributed by atoms with van der Waals surface area (Å²) in [5.41, 5.74) is 1.95. The van der Waals surface area contributed by atoms with E-state index in [0.717, 1.165) is 5.56 Å². The average molecular weight is 331 g/mol. The van der Waals surface area contributed by atoms with Gasteiger partial charge in [-0.2, -0.15) is 0 Å². The standard InChI is InChI=1S/C18H21NO5/c1-12-16(18(21)23-4)9-15(24-12)10-19(2)17(20)14-7-5-13(6-8-14)11-22-3/h5-9H,10-11H2,1-4H3. The molecule has 0 N–H and O–H groups in total. The summed E-state index contributed by atoms with van der Waals surface area (Å²) in [5, 5.41) is 0. The van der Waals surface area contributed by atoms with Crippen LogP contribution >= 0.6 is 0 Å². The number of esters is 1. The van der Waals surface area contributed by atoms with E-state index < -0.39 is 5.97 Å². The van der Waals surface area contributed by atoms with Gasteiger partial charge in [0, 0.05) is 19.7 Å². The van der Waals surface area contributed by atoms with Crippen LogP contribution < -0.4 is 0 Å². The van der Waals surface area contributed by atoms with Crippen molar-refractivity contribution in [1.82, 2.24) is 4.90 Å². The van der Waals surface area contributed by atoms with E-state index in [1.54, 1.807) is 39.3 Å². The molecule has 2 rings (SSSR count). The summed E-state index contributed by atoms with van der Waals surface area (Å²) < 4.78 is 15.3. The lowest BCUT2D eigenvalue weighted by Crippen LogP contribution is -2.26. The topological polar surface area (TPSA) is 69.0 Å². The lowest BCUT2D eigenvalue weighted by Gasteiger charge is -2.16. The molecule has 0 aliphatic heterocycles. The number of carbonyl (C=O) groups is 2. The van der Waals surface area contributed by atoms with E-state index in [1.807, 2.05) is 12.1 Å². The summed E-state index contributed by atoms with van der Waals surface area (Å²) in [6.07, 6.45) is 0. The van der Waals surface area contributed by atoms with Crippen molar-refractivity contribution < 1.29 is 23.5 Å². The fraction of sp³-hybridized carbons (Fsp3) is 0.333. The van der Waals surface area contributed by atoms with Crippen molar-refractivity contribution in [2.75, 3.05) is 21.3 Å². The lowest BCUT2D eigenvalue weighted by atomic mass is 10.1. The Morgan fingerprint density at radius 3 is 2.42 bits per heavy atom. The Labute approximate surface area is 141 Å². The molecule has 24 heavy (non-hydrogen) atoms. The first-order valence-electron chi connectivity index (χ1n) is 7.47. The van der Waals surface area contributed by atoms with Gasteiger partial charge in [-0.05, 0) is 30.7 Å². The molecule has 0 aliphatic rings. The molecule has 0 fully saturated rings. The maximum Gasteiger partial charge on any atom is 0.341 e. The molecule has 0 unspecified atom stereocenters. The molecule has 0 saturated heterocycles. The fourth-order valence-electron chi connectivity index (χ4n) is 2.37. The second-order valence-electron chi connectivity index (χ2n) is 5.47. The molecule has 128 valence electrons. The zero-order valence-electron chi connectivity index (χ0n) is 14.3. The largest absolute Gasteiger partial charge is 0.465 e. The number of hydrogen-bond donors (Lipinski definition) is 0. The van der Waals surface area contributed by atoms with Crippen LogP contribution in [0.3, 0.4) is 0 Å². The summed E-state index contributed by atoms with van der Waals surface area (Å²) in [4.78, 5) is 25.6. The number of amides is 1. The number of rotatable bonds is 6. The molecule has 0 bridgehead atoms. The van der Waals surface area contributed by atoms with Crippen LogP contribution in [-0.4, -0.2) is 38.0 Å². The maximum atomic E-state index is 12.5. The van der Waals surface area contributed by atoms with Crippen molar-refractivity contribution in [3.05, 3.63) is 58.5 Å². The third kappa shape index (κ3) is 4.02. The number of methoxy groups -OCH3 is 2. The molecule has 0 radical (unpaired) electrons. The fourth-order valence-corrected chi connectivity index (χ4v) is 2.37. The summed E-state index contributed by atoms with van der Waals surface area (Å²) in [7, 11) is 4.62. The van der Waals surface area contributed by atoms with Crippen LogP contribution in [-0.2, 0) is 22.6 Å². The molecule has 1 aromatic carbocycles. The van der Waals surface area contributed by atoms with Gasteiger partial charge in [0.15, 0.2) is 0 Å². The highest BCUT2D eigenvalue weighted by Gasteiger charge is 2.18. The number of carbonyl (C=O) groups excluding carboxylic acids is 2. The minimum Gasteiger partial charge on any atom is -0.465 e. The monoisotopic (exact) mass is 331 g/mol. The van der Waals surface area contributed by atoms with Gasteiger partial charge >= 0.3 is 5.97 Å². The van der Waals surface area contributed by atoms with Gasteiger partial charge < -0.3 is 18.8 Å². The van der Waals surface area contributed by atoms with E-state index in [1.165, 1.54) is 12.0 Å². The van der Waals surface area contributed by atoms with Crippen molar-refractivity contribution in [3.63, 3.8) is 0 Å². The highest BCUT2D eigenvalue weighted by Crippen LogP contribution is 2.18. The van der Waals surface area contributed by atoms with E-state index in [2.05, 4.69) is 0 Å². The third-order valence-corrected chi connectivity index (χ3v) is 3.63. The SMILES string of the molecule is COCc1ccc(C(=O)N(C)Cc2cc(C(=O)OC)c(C)o2)cc1. The highest BCUT2D eigenvalue weighted by molar-refractivity contribution is 5.94. The Morgan fingerprint density at radius 2 is 1.83 bits per heavy atom. The summed E-state index contributed by atoms with van der Waals surface area (Å²) in [6, 6.07) is 8.85. The molecule has 6 nitrogen and oxygen atoms in total. The van der Waals surface area contributed by atoms with Crippen LogP contribution in [0.25, 0.3) is 0 Å². The summed E-state index contributed by atoms with van der Waals surface area (Å²) >= 11 is 0. The van der Waals surface area contributed by atoms with Gasteiger partial charge in [-0.3, -0.25) is 4.79 Å². The molecule has 0 saturated carbocycles. The molecule has 6 heteroatoms. The molecule has 1 amide bonds. The quantitative estimate of drug-likeness (QED) is 0.761. The first-order chi connectivity index (χ1) is 11.5. The number of furan rings is 1. The average Bonchev–Trinajstić information content (AvgIpc) is 2.94. The van der Waals surface area contributed by atoms with Gasteiger partial charge in [0.05, 0.1) is 20.3 Å². The van der Waals surface area contributed by atoms with Gasteiger partial charge in [0.25, 0.3) is 5.91 Å². The van der Waals surface area contributed by atoms with Gasteiger partial charge in [0.2, 0.25) is 0 Å². The van der Waals surface area contributed by atoms with E-state index in [9.17, 15) is 9.59 Å². The molecule has 2 aromatic rings. The molecule has 0 aliphatic carbocycles. The van der Waals surface area contributed by atoms with Crippen molar-refractivity contribution >= 4 is 11.9 Å². The predicted octanol–water partition coefficient (Wildman–Crippen LogP) is 2.79. The normalized spacial score (nSPS) is 10.5. The highest BCUT2D eigenvalue weighted by atomic mass is 16.5. The zero-order chi connectivity index (χ0) is 17.7. The molecule has 1 heterocycles. The van der Waals surface area contributed by atoms with Crippen molar-refractivity contribution in [1.29, 1.82) is 0 Å². The molecule has 0 spiro atoms. The van der Waals surface area contributed by atoms with Gasteiger partial charge in [-0.1, -0.05) is 12.1 Å². The Balaban J connectivity index is 2.07. The van der Waals surface area contributed by atoms with Crippen LogP contribution in [0.4, 0.5) is 0 Å². The number of aryl methyl sites for hydroxylation is 1. The van der Waals surface area contributed by atoms with Gasteiger partial charge in [0.1, 0.15) is 17.1 Å². The van der Waals surface area contributed by atoms with Crippen LogP contribution in [0.2, 0.25) is 0 Å². The Hall–Kier alpha value is -2.60. The van der Waals surface area contributed by atoms with Gasteiger partial charge in [-0.25, -0.2) is 4.79 Å². The smallest absolute Gasteiger partial charge is 0.341 e. The van der Waals surface area contributed by atoms with Crippen LogP contribution in [0.15, 0.2) is 34.7 Å². The Morgan fingerprint density at radius 1 is 1.17 bits per heavy atom. The number of benzene rings is 1. The Bertz CT molecular complexity index is 718. The van der Waals surface area contributed by atoms with E-state index >= 15 is 0 Å². The van der Waals surface area contributed by atoms with E-state index in [-0.39, 0.29) is 12.5 Å². The third-order valence-electron chi connectivity index (χ3n) is 3.63. The first-order valence-corrected chi connectivity index (χ1v) is 7.47. The van der Waals surface area contributed by atoms with Crippen molar-refractivity contribution in [3.8, 4) is 0 Å². The van der Waals surface area contributed by atoms with Crippen LogP contribution in [0, 0.1) is 6.92 Å². The van der Waals surface area contributed by atoms with Crippen molar-refractivity contribution in [2.24, 2.45) is 0 Å². The second-order valence-corrected chi connectivity index (χ2v) is 5.47. The van der Waals surface area contributed by atoms with Crippen LogP contribution in [0.1, 0.15) is 37.8 Å². The predicted molar refractivity (Wildman–Crippen MR) is 87.7 cm³/mol. The first kappa shape index (κ1) is 17.7. The van der Waals surface area contributed by atoms with E-state index in [4.69, 9.17) is 13.9 Å². The minimum atomic E-state index is -0.454. The second kappa shape index (κ2) is 7.79. The minimum absolute atomic E-state index is 0.132. The molecule has 0 atom stereocenters. The number of nitrogens with zero attached hydrogens (tertiary/aromatic N) is 1. The van der Waals surface area contributed by atoms with Gasteiger partial charge in [-0.15, -0.1) is 0 Å². The van der Waals surface area contributed by atoms with E-state index in [0.29, 0.717) is 29.3 Å². The number of ether oxygens (including phenoxy) is 2. The Kier molecular flexibility index (Phi) is 5.76. The molecular formula is C18H21NO5.